The van der Waals surface area contributed by atoms with Crippen molar-refractivity contribution in [1.82, 2.24) is 4.31 Å². The summed E-state index contributed by atoms with van der Waals surface area (Å²) in [6, 6.07) is 6.45. The number of methoxy groups -OCH3 is 1. The first-order valence-electron chi connectivity index (χ1n) is 6.04. The summed E-state index contributed by atoms with van der Waals surface area (Å²) in [7, 11) is -2.01. The van der Waals surface area contributed by atoms with E-state index in [1.165, 1.54) is 17.5 Å². The van der Waals surface area contributed by atoms with Crippen molar-refractivity contribution in [1.29, 1.82) is 0 Å². The second kappa shape index (κ2) is 5.87. The van der Waals surface area contributed by atoms with Gasteiger partial charge in [0, 0.05) is 25.7 Å². The van der Waals surface area contributed by atoms with Gasteiger partial charge in [-0.05, 0) is 12.1 Å². The smallest absolute Gasteiger partial charge is 0.243 e. The molecule has 0 radical (unpaired) electrons. The van der Waals surface area contributed by atoms with Gasteiger partial charge in [0.25, 0.3) is 0 Å². The van der Waals surface area contributed by atoms with E-state index in [1.807, 2.05) is 0 Å². The topological polar surface area (TPSA) is 81.9 Å². The van der Waals surface area contributed by atoms with Crippen molar-refractivity contribution in [3.63, 3.8) is 0 Å². The van der Waals surface area contributed by atoms with Crippen LogP contribution in [-0.4, -0.2) is 52.2 Å². The number of hydrogen-bond acceptors (Lipinski definition) is 5. The van der Waals surface area contributed by atoms with Crippen molar-refractivity contribution in [2.24, 2.45) is 5.73 Å². The molecule has 2 N–H and O–H groups in total. The maximum absolute atomic E-state index is 12.5. The molecule has 1 heterocycles. The average Bonchev–Trinajstić information content (AvgIpc) is 2.47. The summed E-state index contributed by atoms with van der Waals surface area (Å²) in [6.07, 6.45) is -0.242. The van der Waals surface area contributed by atoms with Crippen LogP contribution in [0.25, 0.3) is 0 Å². The average molecular weight is 286 g/mol. The largest absolute Gasteiger partial charge is 0.497 e. The van der Waals surface area contributed by atoms with Gasteiger partial charge in [-0.3, -0.25) is 0 Å². The van der Waals surface area contributed by atoms with E-state index in [2.05, 4.69) is 0 Å². The van der Waals surface area contributed by atoms with E-state index in [4.69, 9.17) is 15.2 Å². The summed E-state index contributed by atoms with van der Waals surface area (Å²) in [5.74, 6) is 0.518. The third-order valence-electron chi connectivity index (χ3n) is 3.04. The molecule has 0 spiro atoms. The fraction of sp³-hybridized carbons (Fsp3) is 0.500. The molecule has 1 atom stereocenters. The monoisotopic (exact) mass is 286 g/mol. The maximum Gasteiger partial charge on any atom is 0.243 e. The van der Waals surface area contributed by atoms with E-state index in [-0.39, 0.29) is 17.5 Å². The zero-order valence-corrected chi connectivity index (χ0v) is 11.6. The third-order valence-corrected chi connectivity index (χ3v) is 4.90. The van der Waals surface area contributed by atoms with Crippen molar-refractivity contribution >= 4 is 10.0 Å². The van der Waals surface area contributed by atoms with E-state index in [0.29, 0.717) is 25.4 Å². The highest BCUT2D eigenvalue weighted by Gasteiger charge is 2.30. The number of hydrogen-bond donors (Lipinski definition) is 1. The van der Waals surface area contributed by atoms with E-state index >= 15 is 0 Å². The standard InChI is InChI=1S/C12H18N2O4S/c1-17-10-3-2-4-12(7-10)19(15,16)14-5-6-18-11(8-13)9-14/h2-4,7,11H,5-6,8-9,13H2,1H3. The first-order chi connectivity index (χ1) is 9.07. The van der Waals surface area contributed by atoms with Crippen molar-refractivity contribution in [3.8, 4) is 5.75 Å². The third kappa shape index (κ3) is 3.06. The minimum absolute atomic E-state index is 0.226. The molecular formula is C12H18N2O4S. The quantitative estimate of drug-likeness (QED) is 0.845. The summed E-state index contributed by atoms with van der Waals surface area (Å²) in [6.45, 7) is 1.31. The Bertz CT molecular complexity index is 532. The Morgan fingerprint density at radius 2 is 2.32 bits per heavy atom. The number of nitrogens with zero attached hydrogens (tertiary/aromatic N) is 1. The number of morpholine rings is 1. The molecule has 1 aromatic rings. The first kappa shape index (κ1) is 14.3. The summed E-state index contributed by atoms with van der Waals surface area (Å²) < 4.78 is 36.8. The van der Waals surface area contributed by atoms with Crippen LogP contribution in [0.5, 0.6) is 5.75 Å². The predicted molar refractivity (Wildman–Crippen MR) is 70.5 cm³/mol. The Morgan fingerprint density at radius 1 is 1.53 bits per heavy atom. The van der Waals surface area contributed by atoms with E-state index in [0.717, 1.165) is 0 Å². The lowest BCUT2D eigenvalue weighted by molar-refractivity contribution is 0.00450. The number of rotatable bonds is 4. The Balaban J connectivity index is 2.25. The molecule has 1 fully saturated rings. The molecule has 1 saturated heterocycles. The van der Waals surface area contributed by atoms with E-state index in [9.17, 15) is 8.42 Å². The van der Waals surface area contributed by atoms with Gasteiger partial charge in [-0.25, -0.2) is 8.42 Å². The normalized spacial score (nSPS) is 21.3. The van der Waals surface area contributed by atoms with Crippen LogP contribution in [0.3, 0.4) is 0 Å². The molecule has 7 heteroatoms. The van der Waals surface area contributed by atoms with Crippen LogP contribution in [-0.2, 0) is 14.8 Å². The minimum Gasteiger partial charge on any atom is -0.497 e. The van der Waals surface area contributed by atoms with Gasteiger partial charge in [-0.2, -0.15) is 4.31 Å². The number of ether oxygens (including phenoxy) is 2. The Hall–Kier alpha value is -1.15. The van der Waals surface area contributed by atoms with Gasteiger partial charge in [-0.1, -0.05) is 6.07 Å². The number of nitrogens with two attached hydrogens (primary N) is 1. The molecule has 1 aliphatic heterocycles. The lowest BCUT2D eigenvalue weighted by atomic mass is 10.3. The van der Waals surface area contributed by atoms with Crippen LogP contribution in [0.1, 0.15) is 0 Å². The zero-order valence-electron chi connectivity index (χ0n) is 10.8. The van der Waals surface area contributed by atoms with Crippen LogP contribution in [0.2, 0.25) is 0 Å². The molecule has 0 aromatic heterocycles. The summed E-state index contributed by atoms with van der Waals surface area (Å²) in [5.41, 5.74) is 5.53. The SMILES string of the molecule is COc1cccc(S(=O)(=O)N2CCOC(CN)C2)c1. The highest BCUT2D eigenvalue weighted by molar-refractivity contribution is 7.89. The van der Waals surface area contributed by atoms with E-state index in [1.54, 1.807) is 18.2 Å². The lowest BCUT2D eigenvalue weighted by Crippen LogP contribution is -2.48. The van der Waals surface area contributed by atoms with Gasteiger partial charge in [0.1, 0.15) is 5.75 Å². The second-order valence-electron chi connectivity index (χ2n) is 4.27. The molecular weight excluding hydrogens is 268 g/mol. The van der Waals surface area contributed by atoms with Gasteiger partial charge < -0.3 is 15.2 Å². The summed E-state index contributed by atoms with van der Waals surface area (Å²) in [4.78, 5) is 0.226. The molecule has 2 rings (SSSR count). The van der Waals surface area contributed by atoms with Crippen LogP contribution in [0.15, 0.2) is 29.2 Å². The van der Waals surface area contributed by atoms with Gasteiger partial charge in [-0.15, -0.1) is 0 Å². The molecule has 1 aromatic carbocycles. The van der Waals surface area contributed by atoms with Gasteiger partial charge in [0.05, 0.1) is 24.7 Å². The van der Waals surface area contributed by atoms with Crippen LogP contribution in [0.4, 0.5) is 0 Å². The van der Waals surface area contributed by atoms with Crippen LogP contribution >= 0.6 is 0 Å². The minimum atomic E-state index is -3.52. The molecule has 0 aliphatic carbocycles. The number of sulfonamides is 1. The fourth-order valence-corrected chi connectivity index (χ4v) is 3.46. The van der Waals surface area contributed by atoms with Crippen molar-refractivity contribution in [3.05, 3.63) is 24.3 Å². The molecule has 1 unspecified atom stereocenters. The molecule has 0 bridgehead atoms. The van der Waals surface area contributed by atoms with Crippen LogP contribution < -0.4 is 10.5 Å². The Morgan fingerprint density at radius 3 is 3.00 bits per heavy atom. The molecule has 19 heavy (non-hydrogen) atoms. The summed E-state index contributed by atoms with van der Waals surface area (Å²) >= 11 is 0. The fourth-order valence-electron chi connectivity index (χ4n) is 1.96. The predicted octanol–water partition coefficient (Wildman–Crippen LogP) is 0.0434. The second-order valence-corrected chi connectivity index (χ2v) is 6.21. The van der Waals surface area contributed by atoms with Gasteiger partial charge >= 0.3 is 0 Å². The number of benzene rings is 1. The molecule has 1 aliphatic rings. The van der Waals surface area contributed by atoms with E-state index < -0.39 is 10.0 Å². The molecule has 0 amide bonds. The molecule has 0 saturated carbocycles. The first-order valence-corrected chi connectivity index (χ1v) is 7.48. The molecule has 106 valence electrons. The lowest BCUT2D eigenvalue weighted by Gasteiger charge is -2.31. The zero-order chi connectivity index (χ0) is 13.9. The highest BCUT2D eigenvalue weighted by Crippen LogP contribution is 2.22. The summed E-state index contributed by atoms with van der Waals surface area (Å²) in [5, 5.41) is 0. The van der Waals surface area contributed by atoms with Gasteiger partial charge in [0.15, 0.2) is 0 Å². The van der Waals surface area contributed by atoms with Crippen molar-refractivity contribution in [2.45, 2.75) is 11.0 Å². The van der Waals surface area contributed by atoms with Crippen molar-refractivity contribution < 1.29 is 17.9 Å². The Labute approximate surface area is 113 Å². The maximum atomic E-state index is 12.5. The van der Waals surface area contributed by atoms with Crippen molar-refractivity contribution in [2.75, 3.05) is 33.4 Å². The Kier molecular flexibility index (Phi) is 4.41. The highest BCUT2D eigenvalue weighted by atomic mass is 32.2. The van der Waals surface area contributed by atoms with Gasteiger partial charge in [0.2, 0.25) is 10.0 Å². The molecule has 6 nitrogen and oxygen atoms in total. The van der Waals surface area contributed by atoms with Crippen LogP contribution in [0, 0.1) is 0 Å².